The Morgan fingerprint density at radius 3 is 2.66 bits per heavy atom. The first-order valence-corrected chi connectivity index (χ1v) is 11.6. The summed E-state index contributed by atoms with van der Waals surface area (Å²) < 4.78 is 13.2. The Hall–Kier alpha value is -3.06. The van der Waals surface area contributed by atoms with Crippen LogP contribution in [0.5, 0.6) is 0 Å². The molecule has 2 N–H and O–H groups in total. The van der Waals surface area contributed by atoms with E-state index in [9.17, 15) is 14.0 Å². The van der Waals surface area contributed by atoms with Gasteiger partial charge in [0.15, 0.2) is 0 Å². The van der Waals surface area contributed by atoms with Crippen LogP contribution >= 0.6 is 11.3 Å². The average Bonchev–Trinajstić information content (AvgIpc) is 3.42. The largest absolute Gasteiger partial charge is 0.350 e. The number of amides is 2. The monoisotopic (exact) mass is 451 g/mol. The van der Waals surface area contributed by atoms with Gasteiger partial charge in [0.2, 0.25) is 11.8 Å². The summed E-state index contributed by atoms with van der Waals surface area (Å²) in [4.78, 5) is 30.1. The number of thiazole rings is 1. The highest BCUT2D eigenvalue weighted by Gasteiger charge is 2.38. The molecule has 1 aliphatic rings. The molecule has 2 atom stereocenters. The Morgan fingerprint density at radius 2 is 1.97 bits per heavy atom. The van der Waals surface area contributed by atoms with E-state index in [1.165, 1.54) is 12.1 Å². The number of carbonyl (C=O) groups is 2. The Bertz CT molecular complexity index is 1080. The van der Waals surface area contributed by atoms with Crippen molar-refractivity contribution in [1.29, 1.82) is 0 Å². The predicted octanol–water partition coefficient (Wildman–Crippen LogP) is 4.80. The number of halogens is 1. The lowest BCUT2D eigenvalue weighted by molar-refractivity contribution is -0.123. The van der Waals surface area contributed by atoms with Gasteiger partial charge in [0.25, 0.3) is 0 Å². The van der Waals surface area contributed by atoms with E-state index >= 15 is 0 Å². The van der Waals surface area contributed by atoms with Gasteiger partial charge >= 0.3 is 0 Å². The summed E-state index contributed by atoms with van der Waals surface area (Å²) >= 11 is 1.57. The summed E-state index contributed by atoms with van der Waals surface area (Å²) in [6.07, 6.45) is 4.34. The molecule has 0 aliphatic carbocycles. The molecule has 0 unspecified atom stereocenters. The summed E-state index contributed by atoms with van der Waals surface area (Å²) in [6.45, 7) is 1.95. The topological polar surface area (TPSA) is 71.1 Å². The molecule has 5 nitrogen and oxygen atoms in total. The zero-order valence-corrected chi connectivity index (χ0v) is 18.8. The van der Waals surface area contributed by atoms with Gasteiger partial charge in [0.05, 0.1) is 6.04 Å². The summed E-state index contributed by atoms with van der Waals surface area (Å²) in [6, 6.07) is 16.1. The van der Waals surface area contributed by atoms with Gasteiger partial charge in [-0.3, -0.25) is 9.59 Å². The molecule has 1 aromatic heterocycles. The van der Waals surface area contributed by atoms with Gasteiger partial charge in [-0.25, -0.2) is 9.37 Å². The Balaban J connectivity index is 1.36. The zero-order chi connectivity index (χ0) is 22.6. The SMILES string of the molecule is C[C@H](NC(=O)CC[C@@]1(Cc2ccc(F)cc2)CCC(=O)N1)c1cnc(-c2ccccc2)s1. The summed E-state index contributed by atoms with van der Waals surface area (Å²) in [5.41, 5.74) is 1.53. The number of benzene rings is 2. The third-order valence-electron chi connectivity index (χ3n) is 5.87. The molecule has 2 aromatic carbocycles. The minimum absolute atomic E-state index is 0.000936. The van der Waals surface area contributed by atoms with Crippen molar-refractivity contribution < 1.29 is 14.0 Å². The second kappa shape index (κ2) is 9.61. The first-order valence-electron chi connectivity index (χ1n) is 10.8. The van der Waals surface area contributed by atoms with Crippen LogP contribution in [0.4, 0.5) is 4.39 Å². The number of hydrogen-bond donors (Lipinski definition) is 2. The Morgan fingerprint density at radius 1 is 1.22 bits per heavy atom. The molecule has 2 amide bonds. The standard InChI is InChI=1S/C25H26FN3O2S/c1-17(21-16-27-24(32-21)19-5-3-2-4-6-19)28-22(30)11-13-25(14-12-23(31)29-25)15-18-7-9-20(26)10-8-18/h2-10,16-17H,11-15H2,1H3,(H,28,30)(H,29,31)/t17-,25-/m0/s1. The predicted molar refractivity (Wildman–Crippen MR) is 124 cm³/mol. The molecule has 1 fully saturated rings. The molecule has 1 saturated heterocycles. The van der Waals surface area contributed by atoms with Crippen molar-refractivity contribution >= 4 is 23.2 Å². The van der Waals surface area contributed by atoms with Crippen molar-refractivity contribution in [2.75, 3.05) is 0 Å². The maximum atomic E-state index is 13.2. The van der Waals surface area contributed by atoms with E-state index < -0.39 is 5.54 Å². The molecule has 1 aliphatic heterocycles. The van der Waals surface area contributed by atoms with Gasteiger partial charge in [-0.05, 0) is 43.9 Å². The van der Waals surface area contributed by atoms with Gasteiger partial charge in [-0.15, -0.1) is 11.3 Å². The van der Waals surface area contributed by atoms with Crippen LogP contribution in [0.15, 0.2) is 60.8 Å². The van der Waals surface area contributed by atoms with Crippen LogP contribution in [0.2, 0.25) is 0 Å². The van der Waals surface area contributed by atoms with Gasteiger partial charge in [-0.2, -0.15) is 0 Å². The molecule has 0 bridgehead atoms. The van der Waals surface area contributed by atoms with Gasteiger partial charge in [0.1, 0.15) is 10.8 Å². The molecular weight excluding hydrogens is 425 g/mol. The Labute approximate surface area is 191 Å². The van der Waals surface area contributed by atoms with Crippen molar-refractivity contribution in [3.05, 3.63) is 77.1 Å². The average molecular weight is 452 g/mol. The van der Waals surface area contributed by atoms with E-state index in [0.29, 0.717) is 32.1 Å². The molecule has 2 heterocycles. The second-order valence-electron chi connectivity index (χ2n) is 8.35. The fraction of sp³-hybridized carbons (Fsp3) is 0.320. The highest BCUT2D eigenvalue weighted by Crippen LogP contribution is 2.31. The maximum absolute atomic E-state index is 13.2. The molecule has 7 heteroatoms. The minimum Gasteiger partial charge on any atom is -0.350 e. The molecule has 166 valence electrons. The molecule has 0 saturated carbocycles. The molecule has 3 aromatic rings. The fourth-order valence-electron chi connectivity index (χ4n) is 4.11. The summed E-state index contributed by atoms with van der Waals surface area (Å²) in [5, 5.41) is 7.05. The van der Waals surface area contributed by atoms with Crippen molar-refractivity contribution in [3.8, 4) is 10.6 Å². The van der Waals surface area contributed by atoms with Crippen molar-refractivity contribution in [2.24, 2.45) is 0 Å². The van der Waals surface area contributed by atoms with Gasteiger partial charge in [0, 0.05) is 35.0 Å². The van der Waals surface area contributed by atoms with Crippen molar-refractivity contribution in [3.63, 3.8) is 0 Å². The number of aromatic nitrogens is 1. The zero-order valence-electron chi connectivity index (χ0n) is 17.9. The van der Waals surface area contributed by atoms with Crippen LogP contribution in [0.25, 0.3) is 10.6 Å². The smallest absolute Gasteiger partial charge is 0.220 e. The van der Waals surface area contributed by atoms with E-state index in [0.717, 1.165) is 21.0 Å². The van der Waals surface area contributed by atoms with E-state index in [4.69, 9.17) is 0 Å². The molecule has 32 heavy (non-hydrogen) atoms. The van der Waals surface area contributed by atoms with Crippen LogP contribution in [0, 0.1) is 5.82 Å². The number of nitrogens with one attached hydrogen (secondary N) is 2. The number of carbonyl (C=O) groups excluding carboxylic acids is 2. The first-order chi connectivity index (χ1) is 15.4. The van der Waals surface area contributed by atoms with E-state index in [1.54, 1.807) is 23.5 Å². The molecule has 0 radical (unpaired) electrons. The van der Waals surface area contributed by atoms with Crippen LogP contribution in [0.1, 0.15) is 49.1 Å². The number of nitrogens with zero attached hydrogens (tertiary/aromatic N) is 1. The van der Waals surface area contributed by atoms with Crippen LogP contribution in [0.3, 0.4) is 0 Å². The van der Waals surface area contributed by atoms with Crippen LogP contribution < -0.4 is 10.6 Å². The lowest BCUT2D eigenvalue weighted by atomic mass is 9.85. The lowest BCUT2D eigenvalue weighted by Crippen LogP contribution is -2.44. The quantitative estimate of drug-likeness (QED) is 0.517. The van der Waals surface area contributed by atoms with Gasteiger partial charge < -0.3 is 10.6 Å². The Kier molecular flexibility index (Phi) is 6.65. The molecule has 4 rings (SSSR count). The van der Waals surface area contributed by atoms with Crippen molar-refractivity contribution in [2.45, 2.75) is 50.6 Å². The second-order valence-corrected chi connectivity index (χ2v) is 9.42. The highest BCUT2D eigenvalue weighted by molar-refractivity contribution is 7.15. The van der Waals surface area contributed by atoms with E-state index in [-0.39, 0.29) is 23.7 Å². The fourth-order valence-corrected chi connectivity index (χ4v) is 5.04. The number of hydrogen-bond acceptors (Lipinski definition) is 4. The number of rotatable bonds is 8. The van der Waals surface area contributed by atoms with Crippen LogP contribution in [-0.4, -0.2) is 22.3 Å². The van der Waals surface area contributed by atoms with E-state index in [1.807, 2.05) is 43.5 Å². The molecule has 0 spiro atoms. The normalized spacial score (nSPS) is 18.9. The molecular formula is C25H26FN3O2S. The minimum atomic E-state index is -0.472. The summed E-state index contributed by atoms with van der Waals surface area (Å²) in [7, 11) is 0. The van der Waals surface area contributed by atoms with Gasteiger partial charge in [-0.1, -0.05) is 42.5 Å². The maximum Gasteiger partial charge on any atom is 0.220 e. The first kappa shape index (κ1) is 22.1. The van der Waals surface area contributed by atoms with Crippen LogP contribution in [-0.2, 0) is 16.0 Å². The van der Waals surface area contributed by atoms with Crippen molar-refractivity contribution in [1.82, 2.24) is 15.6 Å². The lowest BCUT2D eigenvalue weighted by Gasteiger charge is -2.29. The third kappa shape index (κ3) is 5.40. The highest BCUT2D eigenvalue weighted by atomic mass is 32.1. The van der Waals surface area contributed by atoms with E-state index in [2.05, 4.69) is 15.6 Å². The third-order valence-corrected chi connectivity index (χ3v) is 7.10. The summed E-state index contributed by atoms with van der Waals surface area (Å²) in [5.74, 6) is -0.351.